The summed E-state index contributed by atoms with van der Waals surface area (Å²) in [5, 5.41) is 9.27. The summed E-state index contributed by atoms with van der Waals surface area (Å²) in [6.45, 7) is 5.70. The van der Waals surface area contributed by atoms with Gasteiger partial charge in [0.05, 0.1) is 0 Å². The number of hydrogen-bond donors (Lipinski definition) is 2. The topological polar surface area (TPSA) is 104 Å². The number of piperidine rings is 1. The first kappa shape index (κ1) is 16.3. The van der Waals surface area contributed by atoms with Crippen molar-refractivity contribution in [3.05, 3.63) is 0 Å². The Hall–Kier alpha value is -1.79. The molecule has 1 aliphatic heterocycles. The number of amides is 3. The second kappa shape index (κ2) is 6.58. The number of likely N-dealkylation sites (tertiary alicyclic amines) is 1. The first-order chi connectivity index (χ1) is 9.23. The van der Waals surface area contributed by atoms with E-state index in [4.69, 9.17) is 5.73 Å². The van der Waals surface area contributed by atoms with Crippen molar-refractivity contribution in [2.45, 2.75) is 45.7 Å². The summed E-state index contributed by atoms with van der Waals surface area (Å²) in [7, 11) is 0. The summed E-state index contributed by atoms with van der Waals surface area (Å²) in [4.78, 5) is 37.5. The summed E-state index contributed by atoms with van der Waals surface area (Å²) in [6.07, 6.45) is 1.20. The molecule has 1 fully saturated rings. The van der Waals surface area contributed by atoms with Crippen LogP contribution in [0.2, 0.25) is 0 Å². The fourth-order valence-corrected chi connectivity index (χ4v) is 2.41. The van der Waals surface area contributed by atoms with Gasteiger partial charge in [-0.15, -0.1) is 0 Å². The number of carboxylic acid groups (broad SMARTS) is 1. The molecule has 0 aromatic rings. The lowest BCUT2D eigenvalue weighted by Gasteiger charge is -2.39. The van der Waals surface area contributed by atoms with Crippen LogP contribution >= 0.6 is 0 Å². The molecule has 3 amide bonds. The lowest BCUT2D eigenvalue weighted by atomic mass is 9.92. The molecule has 0 aliphatic carbocycles. The first-order valence-electron chi connectivity index (χ1n) is 6.82. The second-order valence-electron chi connectivity index (χ2n) is 5.65. The van der Waals surface area contributed by atoms with Crippen molar-refractivity contribution >= 4 is 17.9 Å². The van der Waals surface area contributed by atoms with Crippen LogP contribution in [0.4, 0.5) is 4.79 Å². The molecule has 0 radical (unpaired) electrons. The third-order valence-corrected chi connectivity index (χ3v) is 3.59. The fraction of sp³-hybridized carbons (Fsp3) is 0.769. The van der Waals surface area contributed by atoms with Crippen LogP contribution in [0.25, 0.3) is 0 Å². The van der Waals surface area contributed by atoms with E-state index in [0.29, 0.717) is 13.0 Å². The highest BCUT2D eigenvalue weighted by Crippen LogP contribution is 2.24. The quantitative estimate of drug-likeness (QED) is 0.784. The van der Waals surface area contributed by atoms with E-state index in [-0.39, 0.29) is 18.5 Å². The monoisotopic (exact) mass is 285 g/mol. The zero-order valence-electron chi connectivity index (χ0n) is 12.2. The van der Waals surface area contributed by atoms with Gasteiger partial charge in [-0.2, -0.15) is 0 Å². The normalized spacial score (nSPS) is 22.7. The van der Waals surface area contributed by atoms with Crippen molar-refractivity contribution in [2.75, 3.05) is 13.1 Å². The Balaban J connectivity index is 2.90. The van der Waals surface area contributed by atoms with Gasteiger partial charge in [0.1, 0.15) is 12.6 Å². The van der Waals surface area contributed by atoms with Gasteiger partial charge >= 0.3 is 12.0 Å². The first-order valence-corrected chi connectivity index (χ1v) is 6.82. The molecular weight excluding hydrogens is 262 g/mol. The maximum atomic E-state index is 12.5. The van der Waals surface area contributed by atoms with Crippen molar-refractivity contribution in [1.82, 2.24) is 9.80 Å². The van der Waals surface area contributed by atoms with E-state index in [0.717, 1.165) is 6.42 Å². The van der Waals surface area contributed by atoms with Crippen LogP contribution in [0.3, 0.4) is 0 Å². The van der Waals surface area contributed by atoms with E-state index < -0.39 is 23.9 Å². The Morgan fingerprint density at radius 2 is 2.00 bits per heavy atom. The zero-order valence-corrected chi connectivity index (χ0v) is 12.2. The van der Waals surface area contributed by atoms with Crippen molar-refractivity contribution in [3.63, 3.8) is 0 Å². The van der Waals surface area contributed by atoms with E-state index >= 15 is 0 Å². The number of aliphatic carboxylic acids is 1. The minimum absolute atomic E-state index is 0.200. The van der Waals surface area contributed by atoms with Crippen LogP contribution in [0, 0.1) is 5.92 Å². The predicted octanol–water partition coefficient (Wildman–Crippen LogP) is 0.487. The lowest BCUT2D eigenvalue weighted by molar-refractivity contribution is -0.144. The molecule has 114 valence electrons. The highest BCUT2D eigenvalue weighted by molar-refractivity contribution is 5.86. The Morgan fingerprint density at radius 3 is 2.45 bits per heavy atom. The molecule has 7 nitrogen and oxygen atoms in total. The molecule has 1 saturated heterocycles. The van der Waals surface area contributed by atoms with Gasteiger partial charge < -0.3 is 20.6 Å². The smallest absolute Gasteiger partial charge is 0.326 e. The number of primary amides is 1. The fourth-order valence-electron chi connectivity index (χ4n) is 2.41. The summed E-state index contributed by atoms with van der Waals surface area (Å²) < 4.78 is 0. The van der Waals surface area contributed by atoms with Crippen LogP contribution in [-0.2, 0) is 9.59 Å². The zero-order chi connectivity index (χ0) is 15.4. The number of carbonyl (C=O) groups excluding carboxylic acids is 2. The molecule has 0 spiro atoms. The third-order valence-electron chi connectivity index (χ3n) is 3.59. The summed E-state index contributed by atoms with van der Waals surface area (Å²) in [5.41, 5.74) is 5.15. The number of rotatable bonds is 4. The van der Waals surface area contributed by atoms with E-state index in [1.807, 2.05) is 6.92 Å². The number of nitrogens with two attached hydrogens (primary N) is 1. The Bertz CT molecular complexity index is 397. The van der Waals surface area contributed by atoms with Gasteiger partial charge in [0.25, 0.3) is 0 Å². The van der Waals surface area contributed by atoms with Gasteiger partial charge in [-0.25, -0.2) is 9.59 Å². The van der Waals surface area contributed by atoms with Gasteiger partial charge in [0.2, 0.25) is 5.91 Å². The number of hydrogen-bond acceptors (Lipinski definition) is 3. The van der Waals surface area contributed by atoms with Gasteiger partial charge in [-0.05, 0) is 32.6 Å². The number of carboxylic acids is 1. The van der Waals surface area contributed by atoms with Gasteiger partial charge in [0, 0.05) is 12.6 Å². The van der Waals surface area contributed by atoms with E-state index in [2.05, 4.69) is 0 Å². The minimum Gasteiger partial charge on any atom is -0.480 e. The van der Waals surface area contributed by atoms with Crippen molar-refractivity contribution in [1.29, 1.82) is 0 Å². The summed E-state index contributed by atoms with van der Waals surface area (Å²) in [5.74, 6) is -1.35. The summed E-state index contributed by atoms with van der Waals surface area (Å²) >= 11 is 0. The maximum Gasteiger partial charge on any atom is 0.326 e. The molecule has 7 heteroatoms. The Kier molecular flexibility index (Phi) is 5.35. The SMILES string of the molecule is CC1CCN(C(=O)N(CC(N)=O)C(C)C)C(C(=O)O)C1. The molecule has 1 rings (SSSR count). The van der Waals surface area contributed by atoms with Crippen molar-refractivity contribution < 1.29 is 19.5 Å². The summed E-state index contributed by atoms with van der Waals surface area (Å²) in [6, 6.07) is -1.48. The highest BCUT2D eigenvalue weighted by atomic mass is 16.4. The van der Waals surface area contributed by atoms with Crippen LogP contribution in [0.5, 0.6) is 0 Å². The molecule has 2 unspecified atom stereocenters. The molecule has 0 aromatic heterocycles. The van der Waals surface area contributed by atoms with Crippen LogP contribution in [0.15, 0.2) is 0 Å². The highest BCUT2D eigenvalue weighted by Gasteiger charge is 2.37. The van der Waals surface area contributed by atoms with Gasteiger partial charge in [-0.1, -0.05) is 6.92 Å². The molecule has 3 N–H and O–H groups in total. The van der Waals surface area contributed by atoms with Crippen LogP contribution in [0.1, 0.15) is 33.6 Å². The molecule has 0 bridgehead atoms. The van der Waals surface area contributed by atoms with Crippen LogP contribution in [-0.4, -0.2) is 58.0 Å². The maximum absolute atomic E-state index is 12.5. The van der Waals surface area contributed by atoms with Gasteiger partial charge in [-0.3, -0.25) is 4.79 Å². The largest absolute Gasteiger partial charge is 0.480 e. The predicted molar refractivity (Wildman–Crippen MR) is 73.0 cm³/mol. The molecular formula is C13H23N3O4. The molecule has 0 aromatic carbocycles. The van der Waals surface area contributed by atoms with Crippen molar-refractivity contribution in [3.8, 4) is 0 Å². The molecule has 1 aliphatic rings. The average Bonchev–Trinajstić information content (AvgIpc) is 2.34. The lowest BCUT2D eigenvalue weighted by Crippen LogP contribution is -2.57. The van der Waals surface area contributed by atoms with E-state index in [1.54, 1.807) is 13.8 Å². The third kappa shape index (κ3) is 3.85. The Labute approximate surface area is 118 Å². The average molecular weight is 285 g/mol. The number of nitrogens with zero attached hydrogens (tertiary/aromatic N) is 2. The minimum atomic E-state index is -1.01. The van der Waals surface area contributed by atoms with E-state index in [9.17, 15) is 19.5 Å². The standard InChI is InChI=1S/C13H23N3O4/c1-8(2)16(7-11(14)17)13(20)15-5-4-9(3)6-10(15)12(18)19/h8-10H,4-7H2,1-3H3,(H2,14,17)(H,18,19). The number of urea groups is 1. The molecule has 2 atom stereocenters. The molecule has 20 heavy (non-hydrogen) atoms. The van der Waals surface area contributed by atoms with Crippen LogP contribution < -0.4 is 5.73 Å². The van der Waals surface area contributed by atoms with E-state index in [1.165, 1.54) is 9.80 Å². The Morgan fingerprint density at radius 1 is 1.40 bits per heavy atom. The molecule has 0 saturated carbocycles. The van der Waals surface area contributed by atoms with Crippen molar-refractivity contribution in [2.24, 2.45) is 11.7 Å². The molecule has 1 heterocycles. The van der Waals surface area contributed by atoms with Gasteiger partial charge in [0.15, 0.2) is 0 Å². The number of carbonyl (C=O) groups is 3. The second-order valence-corrected chi connectivity index (χ2v) is 5.65.